The van der Waals surface area contributed by atoms with Crippen molar-refractivity contribution in [2.24, 2.45) is 5.84 Å². The molecule has 0 aliphatic heterocycles. The number of rotatable bonds is 4. The van der Waals surface area contributed by atoms with Crippen LogP contribution >= 0.6 is 0 Å². The minimum Gasteiger partial charge on any atom is -0.338 e. The van der Waals surface area contributed by atoms with Gasteiger partial charge in [-0.3, -0.25) is 15.6 Å². The van der Waals surface area contributed by atoms with E-state index in [9.17, 15) is 4.79 Å². The summed E-state index contributed by atoms with van der Waals surface area (Å²) >= 11 is 0. The van der Waals surface area contributed by atoms with Crippen LogP contribution in [0.3, 0.4) is 0 Å². The summed E-state index contributed by atoms with van der Waals surface area (Å²) in [6, 6.07) is 3.35. The zero-order valence-corrected chi connectivity index (χ0v) is 9.03. The first-order valence-electron chi connectivity index (χ1n) is 4.94. The van der Waals surface area contributed by atoms with Crippen LogP contribution in [0.25, 0.3) is 0 Å². The van der Waals surface area contributed by atoms with Gasteiger partial charge in [0, 0.05) is 19.3 Å². The topological polar surface area (TPSA) is 71.2 Å². The molecule has 0 saturated carbocycles. The average molecular weight is 208 g/mol. The highest BCUT2D eigenvalue weighted by atomic mass is 16.2. The van der Waals surface area contributed by atoms with Crippen molar-refractivity contribution in [2.75, 3.05) is 18.5 Å². The van der Waals surface area contributed by atoms with Gasteiger partial charge in [0.15, 0.2) is 0 Å². The predicted octanol–water partition coefficient (Wildman–Crippen LogP) is 0.849. The van der Waals surface area contributed by atoms with E-state index in [2.05, 4.69) is 10.4 Å². The van der Waals surface area contributed by atoms with Crippen molar-refractivity contribution >= 4 is 11.6 Å². The smallest absolute Gasteiger partial charge is 0.272 e. The molecule has 0 fully saturated rings. The lowest BCUT2D eigenvalue weighted by Crippen LogP contribution is -2.31. The number of hydrogen-bond acceptors (Lipinski definition) is 4. The molecule has 1 aromatic heterocycles. The molecule has 82 valence electrons. The van der Waals surface area contributed by atoms with Gasteiger partial charge >= 0.3 is 0 Å². The largest absolute Gasteiger partial charge is 0.338 e. The lowest BCUT2D eigenvalue weighted by atomic mass is 10.3. The molecule has 5 heteroatoms. The fourth-order valence-corrected chi connectivity index (χ4v) is 1.31. The summed E-state index contributed by atoms with van der Waals surface area (Å²) in [5.74, 6) is 5.19. The quantitative estimate of drug-likeness (QED) is 0.568. The Bertz CT molecular complexity index is 336. The molecule has 0 atom stereocenters. The molecule has 3 N–H and O–H groups in total. The maximum Gasteiger partial charge on any atom is 0.272 e. The fourth-order valence-electron chi connectivity index (χ4n) is 1.31. The number of aromatic nitrogens is 1. The SMILES string of the molecule is CCN(CC)C(=O)c1cc(NN)ccn1. The lowest BCUT2D eigenvalue weighted by molar-refractivity contribution is 0.0767. The van der Waals surface area contributed by atoms with Crippen LogP contribution in [-0.2, 0) is 0 Å². The highest BCUT2D eigenvalue weighted by molar-refractivity contribution is 5.93. The molecule has 0 radical (unpaired) electrons. The van der Waals surface area contributed by atoms with Crippen LogP contribution in [-0.4, -0.2) is 28.9 Å². The number of nitrogens with one attached hydrogen (secondary N) is 1. The third-order valence-corrected chi connectivity index (χ3v) is 2.20. The molecule has 15 heavy (non-hydrogen) atoms. The number of carbonyl (C=O) groups is 1. The summed E-state index contributed by atoms with van der Waals surface area (Å²) in [7, 11) is 0. The Labute approximate surface area is 89.3 Å². The van der Waals surface area contributed by atoms with Crippen LogP contribution in [0.2, 0.25) is 0 Å². The van der Waals surface area contributed by atoms with E-state index < -0.39 is 0 Å². The van der Waals surface area contributed by atoms with Gasteiger partial charge in [0.2, 0.25) is 0 Å². The third kappa shape index (κ3) is 2.66. The van der Waals surface area contributed by atoms with Crippen LogP contribution in [0.1, 0.15) is 24.3 Å². The van der Waals surface area contributed by atoms with Crippen LogP contribution in [0.4, 0.5) is 5.69 Å². The summed E-state index contributed by atoms with van der Waals surface area (Å²) in [4.78, 5) is 17.6. The Morgan fingerprint density at radius 2 is 2.20 bits per heavy atom. The number of nitrogens with zero attached hydrogens (tertiary/aromatic N) is 2. The van der Waals surface area contributed by atoms with E-state index in [1.54, 1.807) is 23.2 Å². The maximum atomic E-state index is 11.9. The first-order chi connectivity index (χ1) is 7.22. The van der Waals surface area contributed by atoms with Crippen LogP contribution in [0, 0.1) is 0 Å². The van der Waals surface area contributed by atoms with E-state index in [4.69, 9.17) is 5.84 Å². The van der Waals surface area contributed by atoms with Gasteiger partial charge in [0.1, 0.15) is 5.69 Å². The molecule has 1 amide bonds. The Morgan fingerprint density at radius 1 is 1.53 bits per heavy atom. The van der Waals surface area contributed by atoms with Gasteiger partial charge in [-0.15, -0.1) is 0 Å². The molecule has 0 aliphatic rings. The predicted molar refractivity (Wildman–Crippen MR) is 59.3 cm³/mol. The number of nitrogen functional groups attached to an aromatic ring is 1. The molecule has 0 spiro atoms. The number of hydrazine groups is 1. The molecule has 1 rings (SSSR count). The van der Waals surface area contributed by atoms with Crippen LogP contribution < -0.4 is 11.3 Å². The lowest BCUT2D eigenvalue weighted by Gasteiger charge is -2.18. The second-order valence-corrected chi connectivity index (χ2v) is 3.05. The normalized spacial score (nSPS) is 9.80. The van der Waals surface area contributed by atoms with Gasteiger partial charge in [0.05, 0.1) is 5.69 Å². The van der Waals surface area contributed by atoms with E-state index in [0.717, 1.165) is 0 Å². The van der Waals surface area contributed by atoms with Gasteiger partial charge in [-0.05, 0) is 26.0 Å². The number of hydrogen-bond donors (Lipinski definition) is 2. The summed E-state index contributed by atoms with van der Waals surface area (Å²) < 4.78 is 0. The number of nitrogens with two attached hydrogens (primary N) is 1. The molecular weight excluding hydrogens is 192 g/mol. The fraction of sp³-hybridized carbons (Fsp3) is 0.400. The van der Waals surface area contributed by atoms with Gasteiger partial charge in [-0.2, -0.15) is 0 Å². The highest BCUT2D eigenvalue weighted by Gasteiger charge is 2.13. The van der Waals surface area contributed by atoms with E-state index in [1.165, 1.54) is 0 Å². The second kappa shape index (κ2) is 5.31. The highest BCUT2D eigenvalue weighted by Crippen LogP contribution is 2.08. The molecule has 0 unspecified atom stereocenters. The third-order valence-electron chi connectivity index (χ3n) is 2.20. The summed E-state index contributed by atoms with van der Waals surface area (Å²) in [6.45, 7) is 5.23. The van der Waals surface area contributed by atoms with Crippen molar-refractivity contribution in [3.05, 3.63) is 24.0 Å². The molecular formula is C10H16N4O. The molecule has 1 aromatic rings. The van der Waals surface area contributed by atoms with Gasteiger partial charge in [-0.1, -0.05) is 0 Å². The molecule has 0 aromatic carbocycles. The minimum atomic E-state index is -0.0721. The molecule has 0 saturated heterocycles. The number of pyridine rings is 1. The van der Waals surface area contributed by atoms with Crippen molar-refractivity contribution in [2.45, 2.75) is 13.8 Å². The van der Waals surface area contributed by atoms with Gasteiger partial charge in [-0.25, -0.2) is 0 Å². The summed E-state index contributed by atoms with van der Waals surface area (Å²) in [5.41, 5.74) is 3.58. The Kier molecular flexibility index (Phi) is 4.05. The van der Waals surface area contributed by atoms with E-state index in [1.807, 2.05) is 13.8 Å². The van der Waals surface area contributed by atoms with Gasteiger partial charge < -0.3 is 10.3 Å². The first-order valence-corrected chi connectivity index (χ1v) is 4.94. The van der Waals surface area contributed by atoms with Crippen molar-refractivity contribution in [1.29, 1.82) is 0 Å². The second-order valence-electron chi connectivity index (χ2n) is 3.05. The standard InChI is InChI=1S/C10H16N4O/c1-3-14(4-2)10(15)9-7-8(13-11)5-6-12-9/h5-7H,3-4,11H2,1-2H3,(H,12,13). The zero-order chi connectivity index (χ0) is 11.3. The molecule has 0 aliphatic carbocycles. The average Bonchev–Trinajstić information content (AvgIpc) is 2.30. The number of carbonyl (C=O) groups excluding carboxylic acids is 1. The van der Waals surface area contributed by atoms with Crippen LogP contribution in [0.5, 0.6) is 0 Å². The van der Waals surface area contributed by atoms with E-state index in [-0.39, 0.29) is 5.91 Å². The Hall–Kier alpha value is -1.62. The molecule has 1 heterocycles. The molecule has 0 bridgehead atoms. The van der Waals surface area contributed by atoms with E-state index >= 15 is 0 Å². The van der Waals surface area contributed by atoms with Crippen molar-refractivity contribution in [3.63, 3.8) is 0 Å². The number of anilines is 1. The Balaban J connectivity index is 2.90. The van der Waals surface area contributed by atoms with Crippen molar-refractivity contribution in [1.82, 2.24) is 9.88 Å². The van der Waals surface area contributed by atoms with E-state index in [0.29, 0.717) is 24.5 Å². The zero-order valence-electron chi connectivity index (χ0n) is 9.03. The summed E-state index contributed by atoms with van der Waals surface area (Å²) in [5, 5.41) is 0. The van der Waals surface area contributed by atoms with Crippen molar-refractivity contribution < 1.29 is 4.79 Å². The van der Waals surface area contributed by atoms with Gasteiger partial charge in [0.25, 0.3) is 5.91 Å². The Morgan fingerprint density at radius 3 is 2.73 bits per heavy atom. The number of amides is 1. The monoisotopic (exact) mass is 208 g/mol. The van der Waals surface area contributed by atoms with Crippen LogP contribution in [0.15, 0.2) is 18.3 Å². The molecule has 5 nitrogen and oxygen atoms in total. The maximum absolute atomic E-state index is 11.9. The minimum absolute atomic E-state index is 0.0721. The summed E-state index contributed by atoms with van der Waals surface area (Å²) in [6.07, 6.45) is 1.56. The first kappa shape index (κ1) is 11.5. The van der Waals surface area contributed by atoms with Crippen molar-refractivity contribution in [3.8, 4) is 0 Å².